The van der Waals surface area contributed by atoms with Crippen LogP contribution in [-0.4, -0.2) is 20.7 Å². The first kappa shape index (κ1) is 11.0. The number of rotatable bonds is 3. The molecule has 2 rings (SSSR count). The number of hydrogen-bond donors (Lipinski definition) is 1. The second-order valence-corrected chi connectivity index (χ2v) is 4.53. The van der Waals surface area contributed by atoms with Crippen LogP contribution in [0, 0.1) is 4.77 Å². The lowest BCUT2D eigenvalue weighted by atomic mass is 10.3. The monoisotopic (exact) mass is 254 g/mol. The summed E-state index contributed by atoms with van der Waals surface area (Å²) in [6.45, 7) is 1.51. The van der Waals surface area contributed by atoms with Crippen molar-refractivity contribution in [2.45, 2.75) is 13.0 Å². The summed E-state index contributed by atoms with van der Waals surface area (Å²) in [5.74, 6) is -0.660. The van der Waals surface area contributed by atoms with Crippen LogP contribution in [0.25, 0.3) is 10.7 Å². The molecule has 7 heteroatoms. The van der Waals surface area contributed by atoms with Crippen LogP contribution in [0.4, 0.5) is 0 Å². The van der Waals surface area contributed by atoms with Gasteiger partial charge in [-0.1, -0.05) is 6.07 Å². The van der Waals surface area contributed by atoms with E-state index < -0.39 is 12.0 Å². The van der Waals surface area contributed by atoms with Gasteiger partial charge in [0.15, 0.2) is 10.6 Å². The molecule has 84 valence electrons. The van der Waals surface area contributed by atoms with Crippen molar-refractivity contribution in [3.63, 3.8) is 0 Å². The van der Waals surface area contributed by atoms with Crippen molar-refractivity contribution in [2.24, 2.45) is 0 Å². The normalized spacial score (nSPS) is 12.6. The van der Waals surface area contributed by atoms with E-state index in [2.05, 4.69) is 10.2 Å². The van der Waals surface area contributed by atoms with E-state index in [0.29, 0.717) is 5.82 Å². The molecule has 0 spiro atoms. The van der Waals surface area contributed by atoms with Crippen LogP contribution in [0.15, 0.2) is 17.5 Å². The van der Waals surface area contributed by atoms with Gasteiger partial charge in [-0.25, -0.2) is 0 Å². The molecule has 0 saturated carbocycles. The van der Waals surface area contributed by atoms with Crippen molar-refractivity contribution in [1.29, 1.82) is 0 Å². The van der Waals surface area contributed by atoms with Crippen LogP contribution in [-0.2, 0) is 4.79 Å². The van der Waals surface area contributed by atoms with Crippen molar-refractivity contribution >= 4 is 29.5 Å². The number of aromatic nitrogens is 3. The van der Waals surface area contributed by atoms with Gasteiger partial charge in [-0.2, -0.15) is 5.10 Å². The summed E-state index contributed by atoms with van der Waals surface area (Å²) in [5, 5.41) is 19.4. The molecule has 0 aromatic carbocycles. The maximum absolute atomic E-state index is 10.9. The van der Waals surface area contributed by atoms with Crippen molar-refractivity contribution < 1.29 is 9.90 Å². The van der Waals surface area contributed by atoms with Crippen LogP contribution >= 0.6 is 23.6 Å². The second-order valence-electron chi connectivity index (χ2n) is 3.19. The smallest absolute Gasteiger partial charge is 0.196 e. The minimum atomic E-state index is -1.18. The number of aromatic amines is 1. The van der Waals surface area contributed by atoms with E-state index in [0.717, 1.165) is 4.88 Å². The molecule has 0 radical (unpaired) electrons. The molecule has 1 atom stereocenters. The lowest BCUT2D eigenvalue weighted by Crippen LogP contribution is -2.31. The van der Waals surface area contributed by atoms with E-state index >= 15 is 0 Å². The fraction of sp³-hybridized carbons (Fsp3) is 0.222. The molecule has 0 bridgehead atoms. The Balaban J connectivity index is 2.57. The SMILES string of the molecule is C[C@@H](C(=O)[O-])n1c(-c2cccs2)n[nH]c1=S. The summed E-state index contributed by atoms with van der Waals surface area (Å²) in [6, 6.07) is 2.88. The van der Waals surface area contributed by atoms with E-state index in [1.165, 1.54) is 22.8 Å². The predicted molar refractivity (Wildman–Crippen MR) is 60.4 cm³/mol. The highest BCUT2D eigenvalue weighted by atomic mass is 32.1. The average Bonchev–Trinajstić information content (AvgIpc) is 2.84. The Labute approximate surface area is 100 Å². The summed E-state index contributed by atoms with van der Waals surface area (Å²) in [5.41, 5.74) is 0. The Morgan fingerprint density at radius 1 is 1.75 bits per heavy atom. The van der Waals surface area contributed by atoms with Crippen molar-refractivity contribution in [3.05, 3.63) is 22.3 Å². The van der Waals surface area contributed by atoms with Gasteiger partial charge >= 0.3 is 0 Å². The third-order valence-electron chi connectivity index (χ3n) is 2.17. The van der Waals surface area contributed by atoms with Crippen molar-refractivity contribution in [1.82, 2.24) is 14.8 Å². The fourth-order valence-corrected chi connectivity index (χ4v) is 2.35. The van der Waals surface area contributed by atoms with E-state index in [-0.39, 0.29) is 4.77 Å². The molecule has 0 saturated heterocycles. The van der Waals surface area contributed by atoms with E-state index in [1.54, 1.807) is 0 Å². The zero-order valence-electron chi connectivity index (χ0n) is 8.34. The molecule has 2 aromatic heterocycles. The summed E-state index contributed by atoms with van der Waals surface area (Å²) in [7, 11) is 0. The fourth-order valence-electron chi connectivity index (χ4n) is 1.35. The highest BCUT2D eigenvalue weighted by molar-refractivity contribution is 7.71. The molecule has 5 nitrogen and oxygen atoms in total. The van der Waals surface area contributed by atoms with Gasteiger partial charge in [0, 0.05) is 0 Å². The van der Waals surface area contributed by atoms with Gasteiger partial charge < -0.3 is 9.90 Å². The molecule has 0 fully saturated rings. The number of carbonyl (C=O) groups excluding carboxylic acids is 1. The number of hydrogen-bond acceptors (Lipinski definition) is 5. The standard InChI is InChI=1S/C9H9N3O2S2/c1-5(8(13)14)12-7(10-11-9(12)15)6-3-2-4-16-6/h2-5H,1H3,(H,11,15)(H,13,14)/p-1/t5-/m0/s1. The molecule has 0 aliphatic rings. The molecule has 0 unspecified atom stereocenters. The zero-order chi connectivity index (χ0) is 11.7. The Bertz CT molecular complexity index is 556. The van der Waals surface area contributed by atoms with Crippen LogP contribution in [0.1, 0.15) is 13.0 Å². The Morgan fingerprint density at radius 2 is 2.50 bits per heavy atom. The number of thiophene rings is 1. The molecule has 0 aliphatic carbocycles. The lowest BCUT2D eigenvalue weighted by molar-refractivity contribution is -0.309. The summed E-state index contributed by atoms with van der Waals surface area (Å²) >= 11 is 6.47. The number of H-pyrrole nitrogens is 1. The second kappa shape index (κ2) is 4.18. The van der Waals surface area contributed by atoms with Gasteiger partial charge in [0.25, 0.3) is 0 Å². The van der Waals surface area contributed by atoms with Crippen molar-refractivity contribution in [2.75, 3.05) is 0 Å². The molecule has 0 aliphatic heterocycles. The summed E-state index contributed by atoms with van der Waals surface area (Å²) in [6.07, 6.45) is 0. The Kier molecular flexibility index (Phi) is 2.88. The first-order chi connectivity index (χ1) is 7.61. The van der Waals surface area contributed by atoms with Gasteiger partial charge in [0.1, 0.15) is 0 Å². The third kappa shape index (κ3) is 1.79. The largest absolute Gasteiger partial charge is 0.548 e. The van der Waals surface area contributed by atoms with Gasteiger partial charge in [-0.15, -0.1) is 11.3 Å². The Hall–Kier alpha value is -1.47. The number of nitrogens with zero attached hydrogens (tertiary/aromatic N) is 2. The molecular formula is C9H8N3O2S2-. The topological polar surface area (TPSA) is 73.7 Å². The van der Waals surface area contributed by atoms with Gasteiger partial charge in [-0.3, -0.25) is 9.67 Å². The van der Waals surface area contributed by atoms with E-state index in [9.17, 15) is 9.90 Å². The molecule has 2 aromatic rings. The predicted octanol–water partition coefficient (Wildman–Crippen LogP) is 0.980. The van der Waals surface area contributed by atoms with Gasteiger partial charge in [0.2, 0.25) is 0 Å². The van der Waals surface area contributed by atoms with Crippen LogP contribution in [0.3, 0.4) is 0 Å². The zero-order valence-corrected chi connectivity index (χ0v) is 9.97. The first-order valence-corrected chi connectivity index (χ1v) is 5.81. The minimum Gasteiger partial charge on any atom is -0.548 e. The van der Waals surface area contributed by atoms with Crippen molar-refractivity contribution in [3.8, 4) is 10.7 Å². The number of aliphatic carboxylic acids is 1. The molecule has 16 heavy (non-hydrogen) atoms. The maximum atomic E-state index is 10.9. The molecular weight excluding hydrogens is 246 g/mol. The highest BCUT2D eigenvalue weighted by Crippen LogP contribution is 2.25. The summed E-state index contributed by atoms with van der Waals surface area (Å²) < 4.78 is 1.72. The van der Waals surface area contributed by atoms with Crippen LogP contribution in [0.5, 0.6) is 0 Å². The maximum Gasteiger partial charge on any atom is 0.196 e. The minimum absolute atomic E-state index is 0.278. The average molecular weight is 254 g/mol. The van der Waals surface area contributed by atoms with Crippen LogP contribution < -0.4 is 5.11 Å². The number of carboxylic acids is 1. The molecule has 0 amide bonds. The third-order valence-corrected chi connectivity index (χ3v) is 3.33. The molecule has 2 heterocycles. The Morgan fingerprint density at radius 3 is 3.06 bits per heavy atom. The van der Waals surface area contributed by atoms with E-state index in [4.69, 9.17) is 12.2 Å². The number of carbonyl (C=O) groups is 1. The summed E-state index contributed by atoms with van der Waals surface area (Å²) in [4.78, 5) is 11.7. The number of carboxylic acid groups (broad SMARTS) is 1. The van der Waals surface area contributed by atoms with E-state index in [1.807, 2.05) is 17.5 Å². The van der Waals surface area contributed by atoms with Crippen LogP contribution in [0.2, 0.25) is 0 Å². The quantitative estimate of drug-likeness (QED) is 0.829. The van der Waals surface area contributed by atoms with Gasteiger partial charge in [0.05, 0.1) is 16.9 Å². The number of nitrogens with one attached hydrogen (secondary N) is 1. The first-order valence-electron chi connectivity index (χ1n) is 4.53. The highest BCUT2D eigenvalue weighted by Gasteiger charge is 2.15. The lowest BCUT2D eigenvalue weighted by Gasteiger charge is -2.15. The molecule has 1 N–H and O–H groups in total. The van der Waals surface area contributed by atoms with Gasteiger partial charge in [-0.05, 0) is 30.6 Å².